The molecule has 1 N–H and O–H groups in total. The van der Waals surface area contributed by atoms with Crippen molar-refractivity contribution in [3.8, 4) is 11.4 Å². The normalized spacial score (nSPS) is 13.9. The Balaban J connectivity index is 2.02. The molecule has 0 unspecified atom stereocenters. The van der Waals surface area contributed by atoms with E-state index in [9.17, 15) is 4.79 Å². The van der Waals surface area contributed by atoms with E-state index >= 15 is 0 Å². The SMILES string of the molecule is CN(C)c1ccc(-c2nc3c(c(=O)[nH]2)CCCC3)cc1. The molecule has 0 saturated heterocycles. The number of nitrogens with zero attached hydrogens (tertiary/aromatic N) is 2. The number of benzene rings is 1. The van der Waals surface area contributed by atoms with Gasteiger partial charge in [-0.05, 0) is 49.9 Å². The number of nitrogens with one attached hydrogen (secondary N) is 1. The highest BCUT2D eigenvalue weighted by Crippen LogP contribution is 2.22. The van der Waals surface area contributed by atoms with E-state index in [-0.39, 0.29) is 5.56 Å². The van der Waals surface area contributed by atoms with Crippen molar-refractivity contribution in [2.75, 3.05) is 19.0 Å². The number of H-pyrrole nitrogens is 1. The molecule has 0 radical (unpaired) electrons. The zero-order valence-corrected chi connectivity index (χ0v) is 11.9. The Morgan fingerprint density at radius 1 is 1.10 bits per heavy atom. The molecule has 0 fully saturated rings. The van der Waals surface area contributed by atoms with Gasteiger partial charge in [-0.3, -0.25) is 4.79 Å². The molecular formula is C16H19N3O. The molecule has 0 aliphatic heterocycles. The van der Waals surface area contributed by atoms with Gasteiger partial charge in [0.05, 0.1) is 5.69 Å². The van der Waals surface area contributed by atoms with Crippen LogP contribution in [0.3, 0.4) is 0 Å². The molecule has 0 amide bonds. The zero-order chi connectivity index (χ0) is 14.1. The molecule has 4 nitrogen and oxygen atoms in total. The minimum Gasteiger partial charge on any atom is -0.378 e. The lowest BCUT2D eigenvalue weighted by Crippen LogP contribution is -2.21. The second-order valence-corrected chi connectivity index (χ2v) is 5.49. The molecule has 1 heterocycles. The van der Waals surface area contributed by atoms with Gasteiger partial charge in [-0.1, -0.05) is 0 Å². The van der Waals surface area contributed by atoms with Gasteiger partial charge in [-0.15, -0.1) is 0 Å². The minimum absolute atomic E-state index is 0.0291. The second-order valence-electron chi connectivity index (χ2n) is 5.49. The molecule has 4 heteroatoms. The van der Waals surface area contributed by atoms with Crippen LogP contribution in [-0.4, -0.2) is 24.1 Å². The number of hydrogen-bond acceptors (Lipinski definition) is 3. The first-order valence-corrected chi connectivity index (χ1v) is 7.05. The third-order valence-corrected chi connectivity index (χ3v) is 3.85. The van der Waals surface area contributed by atoms with Gasteiger partial charge in [0.25, 0.3) is 5.56 Å². The molecule has 1 aromatic heterocycles. The van der Waals surface area contributed by atoms with Crippen molar-refractivity contribution in [3.63, 3.8) is 0 Å². The van der Waals surface area contributed by atoms with E-state index < -0.39 is 0 Å². The van der Waals surface area contributed by atoms with Crippen molar-refractivity contribution in [2.45, 2.75) is 25.7 Å². The van der Waals surface area contributed by atoms with E-state index in [1.807, 2.05) is 43.3 Å². The third-order valence-electron chi connectivity index (χ3n) is 3.85. The van der Waals surface area contributed by atoms with E-state index in [4.69, 9.17) is 0 Å². The first-order chi connectivity index (χ1) is 9.65. The van der Waals surface area contributed by atoms with Crippen molar-refractivity contribution < 1.29 is 0 Å². The van der Waals surface area contributed by atoms with Crippen LogP contribution in [0.25, 0.3) is 11.4 Å². The van der Waals surface area contributed by atoms with Crippen LogP contribution >= 0.6 is 0 Å². The van der Waals surface area contributed by atoms with Gasteiger partial charge < -0.3 is 9.88 Å². The average Bonchev–Trinajstić information content (AvgIpc) is 2.47. The Morgan fingerprint density at radius 2 is 1.80 bits per heavy atom. The second kappa shape index (κ2) is 5.12. The summed E-state index contributed by atoms with van der Waals surface area (Å²) in [5.74, 6) is 0.681. The van der Waals surface area contributed by atoms with Gasteiger partial charge in [0.1, 0.15) is 5.82 Å². The van der Waals surface area contributed by atoms with E-state index in [1.165, 1.54) is 0 Å². The van der Waals surface area contributed by atoms with Crippen molar-refractivity contribution >= 4 is 5.69 Å². The van der Waals surface area contributed by atoms with Crippen LogP contribution in [0, 0.1) is 0 Å². The molecule has 1 aromatic carbocycles. The molecule has 0 atom stereocenters. The highest BCUT2D eigenvalue weighted by molar-refractivity contribution is 5.60. The van der Waals surface area contributed by atoms with Crippen molar-refractivity contribution in [2.24, 2.45) is 0 Å². The number of aromatic amines is 1. The van der Waals surface area contributed by atoms with E-state index in [1.54, 1.807) is 0 Å². The molecule has 0 bridgehead atoms. The van der Waals surface area contributed by atoms with Crippen LogP contribution in [0.1, 0.15) is 24.1 Å². The summed E-state index contributed by atoms with van der Waals surface area (Å²) in [4.78, 5) is 21.7. The van der Waals surface area contributed by atoms with Crippen LogP contribution in [-0.2, 0) is 12.8 Å². The molecule has 0 saturated carbocycles. The summed E-state index contributed by atoms with van der Waals surface area (Å²) >= 11 is 0. The third kappa shape index (κ3) is 2.33. The van der Waals surface area contributed by atoms with Gasteiger partial charge in [-0.2, -0.15) is 0 Å². The maximum Gasteiger partial charge on any atom is 0.254 e. The number of anilines is 1. The van der Waals surface area contributed by atoms with Gasteiger partial charge in [0.15, 0.2) is 0 Å². The van der Waals surface area contributed by atoms with Gasteiger partial charge in [0, 0.05) is 30.9 Å². The minimum atomic E-state index is 0.0291. The lowest BCUT2D eigenvalue weighted by molar-refractivity contribution is 0.657. The topological polar surface area (TPSA) is 49.0 Å². The van der Waals surface area contributed by atoms with Gasteiger partial charge in [0.2, 0.25) is 0 Å². The van der Waals surface area contributed by atoms with Crippen molar-refractivity contribution in [1.29, 1.82) is 0 Å². The van der Waals surface area contributed by atoms with Crippen LogP contribution in [0.2, 0.25) is 0 Å². The molecule has 2 aromatic rings. The number of hydrogen-bond donors (Lipinski definition) is 1. The summed E-state index contributed by atoms with van der Waals surface area (Å²) in [5, 5.41) is 0. The zero-order valence-electron chi connectivity index (χ0n) is 11.9. The van der Waals surface area contributed by atoms with Crippen molar-refractivity contribution in [1.82, 2.24) is 9.97 Å². The summed E-state index contributed by atoms with van der Waals surface area (Å²) < 4.78 is 0. The Labute approximate surface area is 118 Å². The van der Waals surface area contributed by atoms with Gasteiger partial charge in [-0.25, -0.2) is 4.98 Å². The lowest BCUT2D eigenvalue weighted by atomic mass is 9.97. The van der Waals surface area contributed by atoms with E-state index in [2.05, 4.69) is 9.97 Å². The number of fused-ring (bicyclic) bond motifs is 1. The van der Waals surface area contributed by atoms with E-state index in [0.29, 0.717) is 5.82 Å². The summed E-state index contributed by atoms with van der Waals surface area (Å²) in [7, 11) is 4.02. The Hall–Kier alpha value is -2.10. The number of aryl methyl sites for hydroxylation is 1. The summed E-state index contributed by atoms with van der Waals surface area (Å²) in [6.07, 6.45) is 4.00. The monoisotopic (exact) mass is 269 g/mol. The highest BCUT2D eigenvalue weighted by atomic mass is 16.1. The fourth-order valence-electron chi connectivity index (χ4n) is 2.66. The standard InChI is InChI=1S/C16H19N3O/c1-19(2)12-9-7-11(8-10-12)15-17-14-6-4-3-5-13(14)16(20)18-15/h7-10H,3-6H2,1-2H3,(H,17,18,20). The van der Waals surface area contributed by atoms with E-state index in [0.717, 1.165) is 48.2 Å². The average molecular weight is 269 g/mol. The fraction of sp³-hybridized carbons (Fsp3) is 0.375. The maximum atomic E-state index is 12.1. The smallest absolute Gasteiger partial charge is 0.254 e. The molecule has 1 aliphatic carbocycles. The quantitative estimate of drug-likeness (QED) is 0.910. The molecule has 0 spiro atoms. The Bertz CT molecular complexity index is 671. The first kappa shape index (κ1) is 12.9. The molecule has 20 heavy (non-hydrogen) atoms. The summed E-state index contributed by atoms with van der Waals surface area (Å²) in [6, 6.07) is 8.08. The Kier molecular flexibility index (Phi) is 3.30. The van der Waals surface area contributed by atoms with Crippen LogP contribution < -0.4 is 10.5 Å². The highest BCUT2D eigenvalue weighted by Gasteiger charge is 2.16. The fourth-order valence-corrected chi connectivity index (χ4v) is 2.66. The van der Waals surface area contributed by atoms with Crippen molar-refractivity contribution in [3.05, 3.63) is 45.9 Å². The maximum absolute atomic E-state index is 12.1. The molecule has 3 rings (SSSR count). The molecule has 104 valence electrons. The number of rotatable bonds is 2. The van der Waals surface area contributed by atoms with Gasteiger partial charge >= 0.3 is 0 Å². The largest absolute Gasteiger partial charge is 0.378 e. The lowest BCUT2D eigenvalue weighted by Gasteiger charge is -2.15. The predicted octanol–water partition coefficient (Wildman–Crippen LogP) is 2.38. The van der Waals surface area contributed by atoms with Crippen LogP contribution in [0.4, 0.5) is 5.69 Å². The predicted molar refractivity (Wildman–Crippen MR) is 81.3 cm³/mol. The Morgan fingerprint density at radius 3 is 2.50 bits per heavy atom. The number of aromatic nitrogens is 2. The summed E-state index contributed by atoms with van der Waals surface area (Å²) in [6.45, 7) is 0. The first-order valence-electron chi connectivity index (χ1n) is 7.05. The molecule has 1 aliphatic rings. The van der Waals surface area contributed by atoms with Crippen LogP contribution in [0.15, 0.2) is 29.1 Å². The van der Waals surface area contributed by atoms with Crippen LogP contribution in [0.5, 0.6) is 0 Å². The summed E-state index contributed by atoms with van der Waals surface area (Å²) in [5.41, 5.74) is 3.98. The molecular weight excluding hydrogens is 250 g/mol.